The van der Waals surface area contributed by atoms with Gasteiger partial charge >= 0.3 is 0 Å². The van der Waals surface area contributed by atoms with E-state index in [0.29, 0.717) is 60.1 Å². The van der Waals surface area contributed by atoms with Gasteiger partial charge in [-0.2, -0.15) is 0 Å². The van der Waals surface area contributed by atoms with Gasteiger partial charge < -0.3 is 0 Å². The predicted octanol–water partition coefficient (Wildman–Crippen LogP) is 17.6. The Bertz CT molecular complexity index is 3710. The smallest absolute Gasteiger partial charge is 0.0708 e. The second-order valence-corrected chi connectivity index (χ2v) is 21.1. The van der Waals surface area contributed by atoms with Crippen LogP contribution in [0.3, 0.4) is 0 Å². The number of aryl methyl sites for hydroxylation is 5. The van der Waals surface area contributed by atoms with Crippen molar-refractivity contribution < 1.29 is 13.7 Å². The summed E-state index contributed by atoms with van der Waals surface area (Å²) in [6, 6.07) is 60.2. The van der Waals surface area contributed by atoms with Gasteiger partial charge in [0.1, 0.15) is 0 Å². The van der Waals surface area contributed by atoms with Crippen molar-refractivity contribution in [2.45, 2.75) is 90.7 Å². The average Bonchev–Trinajstić information content (AvgIpc) is 0.868. The van der Waals surface area contributed by atoms with Crippen LogP contribution in [-0.4, -0.2) is 15.0 Å². The number of benzene rings is 6. The van der Waals surface area contributed by atoms with Crippen LogP contribution in [0.2, 0.25) is 0 Å². The Morgan fingerprint density at radius 3 is 1.54 bits per heavy atom. The lowest BCUT2D eigenvalue weighted by Crippen LogP contribution is -2.57. The zero-order valence-electron chi connectivity index (χ0n) is 50.6. The summed E-state index contributed by atoms with van der Waals surface area (Å²) in [5.41, 5.74) is 8.76. The molecule has 3 heteroatoms. The maximum absolute atomic E-state index is 10.6. The van der Waals surface area contributed by atoms with Crippen LogP contribution in [0.1, 0.15) is 99.2 Å². The summed E-state index contributed by atoms with van der Waals surface area (Å²) in [7, 11) is 0. The minimum Gasteiger partial charge on any atom is -0.256 e. The van der Waals surface area contributed by atoms with E-state index >= 15 is 0 Å². The van der Waals surface area contributed by atoms with Gasteiger partial charge in [-0.15, -0.1) is 0 Å². The van der Waals surface area contributed by atoms with Crippen molar-refractivity contribution in [1.29, 1.82) is 0 Å². The highest BCUT2D eigenvalue weighted by molar-refractivity contribution is 5.80. The second kappa shape index (κ2) is 19.4. The lowest BCUT2D eigenvalue weighted by molar-refractivity contribution is -0.166. The van der Waals surface area contributed by atoms with Crippen LogP contribution in [0, 0.1) is 35.9 Å². The Morgan fingerprint density at radius 2 is 0.931 bits per heavy atom. The molecule has 72 heavy (non-hydrogen) atoms. The van der Waals surface area contributed by atoms with E-state index in [1.165, 1.54) is 0 Å². The molecule has 3 aromatic heterocycles. The van der Waals surface area contributed by atoms with E-state index in [1.54, 1.807) is 48.7 Å². The topological polar surface area (TPSA) is 38.7 Å². The van der Waals surface area contributed by atoms with E-state index in [9.17, 15) is 5.48 Å². The van der Waals surface area contributed by atoms with E-state index in [1.807, 2.05) is 109 Å². The van der Waals surface area contributed by atoms with Crippen molar-refractivity contribution in [1.82, 2.24) is 15.0 Å². The number of nitrogens with zero attached hydrogens (tertiary/aromatic N) is 3. The van der Waals surface area contributed by atoms with Gasteiger partial charge in [0.25, 0.3) is 0 Å². The standard InChI is InChI=1S/C69H65N3/c1-49-36-61(37-50(2)66(49)57-22-13-6-14-23-57)62-39-65(56-20-11-5-12-21-56)72-45-60(62)32-35-69-42-53-40-67(47-69,33-30-51-26-28-63(70-43-51)55-18-9-4-10-19-55)46-68(41-53,48-69)34-31-52-27-29-64(71-44-52)59-25-15-24-58(38-59)54-16-7-3-8-17-54/h3-29,36-39,43-45,53H,30-35,40-42,46-48H2,1-2H3/i1D3,2D3,34D2,35D2. The molecule has 6 aromatic carbocycles. The Balaban J connectivity index is 0.929. The van der Waals surface area contributed by atoms with E-state index in [4.69, 9.17) is 23.2 Å². The van der Waals surface area contributed by atoms with Crippen molar-refractivity contribution in [3.05, 3.63) is 234 Å². The molecule has 0 aliphatic heterocycles. The number of aromatic nitrogens is 3. The normalized spacial score (nSPS) is 23.8. The Morgan fingerprint density at radius 1 is 0.431 bits per heavy atom. The molecule has 0 N–H and O–H groups in total. The van der Waals surface area contributed by atoms with Gasteiger partial charge in [0.2, 0.25) is 0 Å². The van der Waals surface area contributed by atoms with Gasteiger partial charge in [0.15, 0.2) is 0 Å². The minimum absolute atomic E-state index is 0.0737. The summed E-state index contributed by atoms with van der Waals surface area (Å²) in [6.45, 7) is -5.42. The molecule has 0 spiro atoms. The van der Waals surface area contributed by atoms with E-state index < -0.39 is 37.3 Å². The zero-order chi connectivity index (χ0) is 57.1. The molecule has 13 rings (SSSR count). The minimum atomic E-state index is -2.71. The molecule has 4 bridgehead atoms. The highest BCUT2D eigenvalue weighted by Gasteiger charge is 2.62. The quantitative estimate of drug-likeness (QED) is 0.103. The number of hydrogen-bond acceptors (Lipinski definition) is 3. The Hall–Kier alpha value is -7.23. The summed E-state index contributed by atoms with van der Waals surface area (Å²) in [5, 5.41) is 0. The molecule has 0 radical (unpaired) electrons. The van der Waals surface area contributed by atoms with Crippen LogP contribution in [0.25, 0.3) is 67.2 Å². The highest BCUT2D eigenvalue weighted by Crippen LogP contribution is 2.73. The molecule has 4 aliphatic rings. The van der Waals surface area contributed by atoms with Gasteiger partial charge in [-0.25, -0.2) is 0 Å². The van der Waals surface area contributed by atoms with Crippen LogP contribution >= 0.6 is 0 Å². The first-order valence-corrected chi connectivity index (χ1v) is 25.6. The predicted molar refractivity (Wildman–Crippen MR) is 298 cm³/mol. The highest BCUT2D eigenvalue weighted by atomic mass is 14.7. The SMILES string of the molecule is [2H]C([2H])([2H])c1cc(-c2cc(-c3ccccc3)ncc2CC([2H])([2H])C23CC4CC(CCc5ccc(-c6ccccc6)nc5)(CC(C([2H])([2H])Cc5ccc(-c6cccc(-c7ccccc7)c6)nc5)(C4)C2)C3)cc(C([2H])([2H])[2H])c1-c1ccccc1. The van der Waals surface area contributed by atoms with Gasteiger partial charge in [-0.3, -0.25) is 15.0 Å². The molecule has 356 valence electrons. The van der Waals surface area contributed by atoms with Gasteiger partial charge in [-0.05, 0) is 198 Å². The second-order valence-electron chi connectivity index (χ2n) is 21.1. The fourth-order valence-corrected chi connectivity index (χ4v) is 13.2. The molecular formula is C69H65N3. The van der Waals surface area contributed by atoms with Crippen LogP contribution in [0.15, 0.2) is 207 Å². The first-order valence-electron chi connectivity index (χ1n) is 30.6. The fraction of sp³-hybridized carbons (Fsp3) is 0.261. The van der Waals surface area contributed by atoms with Gasteiger partial charge in [0, 0.05) is 49.0 Å². The van der Waals surface area contributed by atoms with Crippen LogP contribution in [0.5, 0.6) is 0 Å². The summed E-state index contributed by atoms with van der Waals surface area (Å²) in [6.07, 6.45) is 7.01. The molecule has 3 heterocycles. The van der Waals surface area contributed by atoms with Crippen molar-refractivity contribution in [3.63, 3.8) is 0 Å². The van der Waals surface area contributed by atoms with Crippen LogP contribution in [-0.2, 0) is 19.3 Å². The average molecular weight is 946 g/mol. The first kappa shape index (κ1) is 35.8. The molecule has 4 unspecified atom stereocenters. The third-order valence-corrected chi connectivity index (χ3v) is 16.0. The number of pyridine rings is 3. The third-order valence-electron chi connectivity index (χ3n) is 16.0. The maximum atomic E-state index is 10.6. The summed E-state index contributed by atoms with van der Waals surface area (Å²) >= 11 is 0. The number of rotatable bonds is 15. The van der Waals surface area contributed by atoms with E-state index in [2.05, 4.69) is 48.5 Å². The monoisotopic (exact) mass is 946 g/mol. The third kappa shape index (κ3) is 9.50. The molecule has 3 nitrogen and oxygen atoms in total. The van der Waals surface area contributed by atoms with Gasteiger partial charge in [-0.1, -0.05) is 164 Å². The molecule has 0 saturated heterocycles. The molecule has 4 aliphatic carbocycles. The van der Waals surface area contributed by atoms with Crippen molar-refractivity contribution in [3.8, 4) is 67.2 Å². The zero-order valence-corrected chi connectivity index (χ0v) is 40.6. The molecule has 0 amide bonds. The first-order chi connectivity index (χ1) is 39.2. The lowest BCUT2D eigenvalue weighted by Gasteiger charge is -2.67. The van der Waals surface area contributed by atoms with Crippen molar-refractivity contribution in [2.24, 2.45) is 22.2 Å². The summed E-state index contributed by atoms with van der Waals surface area (Å²) < 4.78 is 95.0. The Labute approximate surface area is 441 Å². The lowest BCUT2D eigenvalue weighted by atomic mass is 9.37. The Kier molecular flexibility index (Phi) is 9.65. The summed E-state index contributed by atoms with van der Waals surface area (Å²) in [5.74, 6) is 0.0737. The maximum Gasteiger partial charge on any atom is 0.0708 e. The number of hydrogen-bond donors (Lipinski definition) is 0. The molecule has 4 atom stereocenters. The molecule has 4 saturated carbocycles. The molecule has 4 fully saturated rings. The van der Waals surface area contributed by atoms with Gasteiger partial charge in [0.05, 0.1) is 17.1 Å². The van der Waals surface area contributed by atoms with Crippen LogP contribution in [0.4, 0.5) is 0 Å². The molecular weight excluding hydrogens is 871 g/mol. The van der Waals surface area contributed by atoms with E-state index in [0.717, 1.165) is 69.6 Å². The molecule has 9 aromatic rings. The van der Waals surface area contributed by atoms with Crippen molar-refractivity contribution in [2.75, 3.05) is 0 Å². The van der Waals surface area contributed by atoms with Crippen molar-refractivity contribution >= 4 is 0 Å². The van der Waals surface area contributed by atoms with Crippen LogP contribution < -0.4 is 0 Å². The summed E-state index contributed by atoms with van der Waals surface area (Å²) in [4.78, 5) is 14.8. The largest absolute Gasteiger partial charge is 0.256 e. The fourth-order valence-electron chi connectivity index (χ4n) is 13.2. The van der Waals surface area contributed by atoms with E-state index in [-0.39, 0.29) is 40.9 Å².